The standard InChI is InChI=1S/C23H32ClNO2/c1-3-4-5-6-7-10-15-25-17-19-13-14-22(23(16-19)26-2)27-18-20-11-8-9-12-21(20)24/h8-9,11-14,16,25H,3-7,10,15,17-18H2,1-2H3. The Morgan fingerprint density at radius 3 is 2.48 bits per heavy atom. The van der Waals surface area contributed by atoms with Gasteiger partial charge in [0.25, 0.3) is 0 Å². The van der Waals surface area contributed by atoms with Crippen LogP contribution in [-0.2, 0) is 13.2 Å². The lowest BCUT2D eigenvalue weighted by Crippen LogP contribution is -2.14. The first-order chi connectivity index (χ1) is 13.2. The molecule has 0 aliphatic rings. The van der Waals surface area contributed by atoms with Crippen molar-refractivity contribution in [3.63, 3.8) is 0 Å². The van der Waals surface area contributed by atoms with Crippen LogP contribution >= 0.6 is 11.6 Å². The highest BCUT2D eigenvalue weighted by Crippen LogP contribution is 2.29. The predicted octanol–water partition coefficient (Wildman–Crippen LogP) is 6.38. The molecular weight excluding hydrogens is 358 g/mol. The molecule has 0 saturated heterocycles. The Morgan fingerprint density at radius 2 is 1.70 bits per heavy atom. The zero-order chi connectivity index (χ0) is 19.3. The van der Waals surface area contributed by atoms with Crippen molar-refractivity contribution in [1.29, 1.82) is 0 Å². The van der Waals surface area contributed by atoms with E-state index in [1.165, 1.54) is 44.1 Å². The van der Waals surface area contributed by atoms with Gasteiger partial charge in [0.05, 0.1) is 7.11 Å². The summed E-state index contributed by atoms with van der Waals surface area (Å²) in [6, 6.07) is 13.8. The maximum Gasteiger partial charge on any atom is 0.161 e. The maximum absolute atomic E-state index is 6.19. The summed E-state index contributed by atoms with van der Waals surface area (Å²) in [4.78, 5) is 0. The van der Waals surface area contributed by atoms with Gasteiger partial charge in [-0.05, 0) is 36.7 Å². The molecule has 148 valence electrons. The maximum atomic E-state index is 6.19. The highest BCUT2D eigenvalue weighted by molar-refractivity contribution is 6.31. The van der Waals surface area contributed by atoms with Crippen LogP contribution in [0.2, 0.25) is 5.02 Å². The number of unbranched alkanes of at least 4 members (excludes halogenated alkanes) is 5. The van der Waals surface area contributed by atoms with Crippen LogP contribution in [0.3, 0.4) is 0 Å². The SMILES string of the molecule is CCCCCCCCNCc1ccc(OCc2ccccc2Cl)c(OC)c1. The van der Waals surface area contributed by atoms with E-state index in [1.54, 1.807) is 7.11 Å². The van der Waals surface area contributed by atoms with Gasteiger partial charge < -0.3 is 14.8 Å². The number of benzene rings is 2. The van der Waals surface area contributed by atoms with Crippen LogP contribution in [0.25, 0.3) is 0 Å². The molecule has 0 amide bonds. The van der Waals surface area contributed by atoms with Crippen LogP contribution < -0.4 is 14.8 Å². The molecule has 1 N–H and O–H groups in total. The Hall–Kier alpha value is -1.71. The van der Waals surface area contributed by atoms with E-state index in [2.05, 4.69) is 18.3 Å². The van der Waals surface area contributed by atoms with Crippen LogP contribution in [0.1, 0.15) is 56.6 Å². The van der Waals surface area contributed by atoms with Crippen molar-refractivity contribution in [2.75, 3.05) is 13.7 Å². The van der Waals surface area contributed by atoms with Gasteiger partial charge in [0.1, 0.15) is 6.61 Å². The summed E-state index contributed by atoms with van der Waals surface area (Å²) in [6.45, 7) is 4.57. The summed E-state index contributed by atoms with van der Waals surface area (Å²) < 4.78 is 11.4. The van der Waals surface area contributed by atoms with Gasteiger partial charge in [0.15, 0.2) is 11.5 Å². The summed E-state index contributed by atoms with van der Waals surface area (Å²) >= 11 is 6.19. The van der Waals surface area contributed by atoms with E-state index in [4.69, 9.17) is 21.1 Å². The third-order valence-electron chi connectivity index (χ3n) is 4.61. The van der Waals surface area contributed by atoms with E-state index >= 15 is 0 Å². The molecular formula is C23H32ClNO2. The van der Waals surface area contributed by atoms with Crippen molar-refractivity contribution in [2.45, 2.75) is 58.6 Å². The molecule has 0 unspecified atom stereocenters. The van der Waals surface area contributed by atoms with E-state index in [1.807, 2.05) is 36.4 Å². The van der Waals surface area contributed by atoms with E-state index in [0.717, 1.165) is 30.2 Å². The monoisotopic (exact) mass is 389 g/mol. The lowest BCUT2D eigenvalue weighted by molar-refractivity contribution is 0.284. The van der Waals surface area contributed by atoms with Crippen molar-refractivity contribution >= 4 is 11.6 Å². The van der Waals surface area contributed by atoms with Crippen LogP contribution in [0.5, 0.6) is 11.5 Å². The minimum Gasteiger partial charge on any atom is -0.493 e. The van der Waals surface area contributed by atoms with Gasteiger partial charge in [-0.3, -0.25) is 0 Å². The van der Waals surface area contributed by atoms with Gasteiger partial charge in [-0.15, -0.1) is 0 Å². The Bertz CT molecular complexity index is 675. The molecule has 4 heteroatoms. The number of hydrogen-bond acceptors (Lipinski definition) is 3. The molecule has 27 heavy (non-hydrogen) atoms. The molecule has 0 fully saturated rings. The molecule has 0 aliphatic heterocycles. The molecule has 0 spiro atoms. The first-order valence-corrected chi connectivity index (χ1v) is 10.4. The zero-order valence-corrected chi connectivity index (χ0v) is 17.4. The second kappa shape index (κ2) is 12.6. The van der Waals surface area contributed by atoms with Gasteiger partial charge in [-0.25, -0.2) is 0 Å². The fourth-order valence-electron chi connectivity index (χ4n) is 2.98. The molecule has 0 atom stereocenters. The number of methoxy groups -OCH3 is 1. The van der Waals surface area contributed by atoms with Gasteiger partial charge in [0, 0.05) is 17.1 Å². The first-order valence-electron chi connectivity index (χ1n) is 9.98. The average molecular weight is 390 g/mol. The first kappa shape index (κ1) is 21.6. The highest BCUT2D eigenvalue weighted by Gasteiger charge is 2.07. The van der Waals surface area contributed by atoms with Gasteiger partial charge >= 0.3 is 0 Å². The summed E-state index contributed by atoms with van der Waals surface area (Å²) in [5, 5.41) is 4.23. The van der Waals surface area contributed by atoms with Gasteiger partial charge in [-0.2, -0.15) is 0 Å². The fourth-order valence-corrected chi connectivity index (χ4v) is 3.17. The minimum atomic E-state index is 0.422. The second-order valence-electron chi connectivity index (χ2n) is 6.81. The summed E-state index contributed by atoms with van der Waals surface area (Å²) in [6.07, 6.45) is 7.92. The number of rotatable bonds is 13. The van der Waals surface area contributed by atoms with Crippen LogP contribution in [-0.4, -0.2) is 13.7 Å². The number of nitrogens with one attached hydrogen (secondary N) is 1. The van der Waals surface area contributed by atoms with Crippen molar-refractivity contribution < 1.29 is 9.47 Å². The van der Waals surface area contributed by atoms with Gasteiger partial charge in [-0.1, -0.05) is 74.9 Å². The van der Waals surface area contributed by atoms with Crippen molar-refractivity contribution in [3.05, 3.63) is 58.6 Å². The quantitative estimate of drug-likeness (QED) is 0.403. The fraction of sp³-hybridized carbons (Fsp3) is 0.478. The van der Waals surface area contributed by atoms with Crippen molar-refractivity contribution in [3.8, 4) is 11.5 Å². The Kier molecular flexibility index (Phi) is 10.1. The number of hydrogen-bond donors (Lipinski definition) is 1. The van der Waals surface area contributed by atoms with E-state index < -0.39 is 0 Å². The Morgan fingerprint density at radius 1 is 0.926 bits per heavy atom. The predicted molar refractivity (Wildman–Crippen MR) is 114 cm³/mol. The smallest absolute Gasteiger partial charge is 0.161 e. The summed E-state index contributed by atoms with van der Waals surface area (Å²) in [7, 11) is 1.67. The number of halogens is 1. The van der Waals surface area contributed by atoms with E-state index in [9.17, 15) is 0 Å². The molecule has 0 radical (unpaired) electrons. The minimum absolute atomic E-state index is 0.422. The molecule has 0 aromatic heterocycles. The number of ether oxygens (including phenoxy) is 2. The van der Waals surface area contributed by atoms with Gasteiger partial charge in [0.2, 0.25) is 0 Å². The van der Waals surface area contributed by atoms with E-state index in [-0.39, 0.29) is 0 Å². The molecule has 2 aromatic rings. The molecule has 3 nitrogen and oxygen atoms in total. The third kappa shape index (κ3) is 7.82. The normalized spacial score (nSPS) is 10.8. The molecule has 0 heterocycles. The molecule has 0 aliphatic carbocycles. The lowest BCUT2D eigenvalue weighted by Gasteiger charge is -2.13. The Labute approximate surface area is 169 Å². The zero-order valence-electron chi connectivity index (χ0n) is 16.6. The van der Waals surface area contributed by atoms with Crippen LogP contribution in [0, 0.1) is 0 Å². The third-order valence-corrected chi connectivity index (χ3v) is 4.97. The second-order valence-corrected chi connectivity index (χ2v) is 7.22. The van der Waals surface area contributed by atoms with Crippen LogP contribution in [0.4, 0.5) is 0 Å². The highest BCUT2D eigenvalue weighted by atomic mass is 35.5. The lowest BCUT2D eigenvalue weighted by atomic mass is 10.1. The van der Waals surface area contributed by atoms with Crippen molar-refractivity contribution in [1.82, 2.24) is 5.32 Å². The molecule has 2 aromatic carbocycles. The largest absolute Gasteiger partial charge is 0.493 e. The molecule has 2 rings (SSSR count). The van der Waals surface area contributed by atoms with Crippen molar-refractivity contribution in [2.24, 2.45) is 0 Å². The summed E-state index contributed by atoms with van der Waals surface area (Å²) in [5.74, 6) is 1.48. The topological polar surface area (TPSA) is 30.5 Å². The molecule has 0 saturated carbocycles. The average Bonchev–Trinajstić information content (AvgIpc) is 2.69. The van der Waals surface area contributed by atoms with E-state index in [0.29, 0.717) is 11.6 Å². The Balaban J connectivity index is 1.77. The molecule has 0 bridgehead atoms. The summed E-state index contributed by atoms with van der Waals surface area (Å²) in [5.41, 5.74) is 2.16. The van der Waals surface area contributed by atoms with Crippen LogP contribution in [0.15, 0.2) is 42.5 Å².